The summed E-state index contributed by atoms with van der Waals surface area (Å²) in [6, 6.07) is 0. The molecule has 0 aromatic carbocycles. The molecule has 0 spiro atoms. The molecule has 0 unspecified atom stereocenters. The Hall–Kier alpha value is -1.36. The van der Waals surface area contributed by atoms with Crippen molar-refractivity contribution in [3.05, 3.63) is 17.0 Å². The van der Waals surface area contributed by atoms with Crippen LogP contribution in [0.2, 0.25) is 0 Å². The van der Waals surface area contributed by atoms with E-state index in [1.165, 1.54) is 5.56 Å². The Morgan fingerprint density at radius 3 is 2.62 bits per heavy atom. The van der Waals surface area contributed by atoms with Gasteiger partial charge in [0, 0.05) is 24.3 Å². The molecule has 1 aromatic rings. The van der Waals surface area contributed by atoms with E-state index >= 15 is 0 Å². The van der Waals surface area contributed by atoms with Gasteiger partial charge in [0.25, 0.3) is 0 Å². The molecule has 0 fully saturated rings. The predicted molar refractivity (Wildman–Crippen MR) is 86.2 cm³/mol. The van der Waals surface area contributed by atoms with E-state index in [1.807, 2.05) is 18.5 Å². The van der Waals surface area contributed by atoms with Crippen LogP contribution in [-0.4, -0.2) is 28.8 Å². The van der Waals surface area contributed by atoms with Crippen molar-refractivity contribution in [2.24, 2.45) is 5.92 Å². The normalized spacial score (nSPS) is 11.1. The minimum absolute atomic E-state index is 0.0364. The number of nitrogens with one attached hydrogen (secondary N) is 2. The Morgan fingerprint density at radius 1 is 1.29 bits per heavy atom. The quantitative estimate of drug-likeness (QED) is 0.686. The molecule has 2 N–H and O–H groups in total. The zero-order valence-electron chi connectivity index (χ0n) is 14.1. The van der Waals surface area contributed by atoms with Gasteiger partial charge in [0.2, 0.25) is 5.91 Å². The van der Waals surface area contributed by atoms with Gasteiger partial charge in [-0.3, -0.25) is 9.48 Å². The summed E-state index contributed by atoms with van der Waals surface area (Å²) >= 11 is 0. The number of aromatic nitrogens is 2. The van der Waals surface area contributed by atoms with Crippen LogP contribution in [0.3, 0.4) is 0 Å². The number of hydrogen-bond donors (Lipinski definition) is 2. The zero-order chi connectivity index (χ0) is 15.8. The van der Waals surface area contributed by atoms with Crippen LogP contribution in [-0.2, 0) is 17.9 Å². The Kier molecular flexibility index (Phi) is 7.43. The monoisotopic (exact) mass is 294 g/mol. The van der Waals surface area contributed by atoms with Crippen molar-refractivity contribution < 1.29 is 4.79 Å². The highest BCUT2D eigenvalue weighted by molar-refractivity contribution is 5.75. The van der Waals surface area contributed by atoms with Gasteiger partial charge in [-0.05, 0) is 39.2 Å². The van der Waals surface area contributed by atoms with Crippen molar-refractivity contribution in [1.29, 1.82) is 0 Å². The molecule has 0 aliphatic carbocycles. The Bertz CT molecular complexity index is 451. The highest BCUT2D eigenvalue weighted by Gasteiger charge is 2.13. The SMILES string of the molecule is CCCNCc1c(C)nn(CC(=O)NCCC(C)C)c1C. The lowest BCUT2D eigenvalue weighted by Gasteiger charge is -2.09. The second-order valence-electron chi connectivity index (χ2n) is 6.02. The zero-order valence-corrected chi connectivity index (χ0v) is 14.1. The molecule has 0 radical (unpaired) electrons. The van der Waals surface area contributed by atoms with Crippen LogP contribution in [0.15, 0.2) is 0 Å². The maximum atomic E-state index is 11.9. The second-order valence-corrected chi connectivity index (χ2v) is 6.02. The van der Waals surface area contributed by atoms with Gasteiger partial charge in [-0.1, -0.05) is 20.8 Å². The first-order valence-electron chi connectivity index (χ1n) is 7.96. The van der Waals surface area contributed by atoms with Crippen LogP contribution in [0.25, 0.3) is 0 Å². The molecule has 0 saturated heterocycles. The van der Waals surface area contributed by atoms with E-state index in [2.05, 4.69) is 36.5 Å². The summed E-state index contributed by atoms with van der Waals surface area (Å²) in [5.74, 6) is 0.643. The summed E-state index contributed by atoms with van der Waals surface area (Å²) in [7, 11) is 0. The van der Waals surface area contributed by atoms with Crippen molar-refractivity contribution in [3.63, 3.8) is 0 Å². The lowest BCUT2D eigenvalue weighted by atomic mass is 10.1. The van der Waals surface area contributed by atoms with E-state index in [1.54, 1.807) is 0 Å². The molecule has 0 atom stereocenters. The van der Waals surface area contributed by atoms with Crippen LogP contribution >= 0.6 is 0 Å². The molecule has 0 saturated carbocycles. The van der Waals surface area contributed by atoms with E-state index in [0.29, 0.717) is 12.5 Å². The summed E-state index contributed by atoms with van der Waals surface area (Å²) in [4.78, 5) is 11.9. The van der Waals surface area contributed by atoms with Crippen LogP contribution in [0, 0.1) is 19.8 Å². The average Bonchev–Trinajstić information content (AvgIpc) is 2.66. The van der Waals surface area contributed by atoms with Gasteiger partial charge in [-0.25, -0.2) is 0 Å². The number of amides is 1. The standard InChI is InChI=1S/C16H30N4O/c1-6-8-17-10-15-13(4)19-20(14(15)5)11-16(21)18-9-7-12(2)3/h12,17H,6-11H2,1-5H3,(H,18,21). The van der Waals surface area contributed by atoms with E-state index in [4.69, 9.17) is 0 Å². The van der Waals surface area contributed by atoms with Crippen molar-refractivity contribution in [2.45, 2.75) is 60.5 Å². The van der Waals surface area contributed by atoms with Crippen LogP contribution in [0.4, 0.5) is 0 Å². The maximum Gasteiger partial charge on any atom is 0.241 e. The topological polar surface area (TPSA) is 59.0 Å². The van der Waals surface area contributed by atoms with Gasteiger partial charge >= 0.3 is 0 Å². The summed E-state index contributed by atoms with van der Waals surface area (Å²) in [6.45, 7) is 13.4. The van der Waals surface area contributed by atoms with Gasteiger partial charge in [-0.2, -0.15) is 5.10 Å². The van der Waals surface area contributed by atoms with Crippen LogP contribution in [0.1, 0.15) is 50.6 Å². The molecular formula is C16H30N4O. The number of aryl methyl sites for hydroxylation is 1. The number of hydrogen-bond acceptors (Lipinski definition) is 3. The van der Waals surface area contributed by atoms with Gasteiger partial charge < -0.3 is 10.6 Å². The van der Waals surface area contributed by atoms with Gasteiger partial charge in [0.15, 0.2) is 0 Å². The van der Waals surface area contributed by atoms with Gasteiger partial charge in [0.1, 0.15) is 6.54 Å². The van der Waals surface area contributed by atoms with Crippen molar-refractivity contribution in [1.82, 2.24) is 20.4 Å². The van der Waals surface area contributed by atoms with Crippen molar-refractivity contribution in [3.8, 4) is 0 Å². The molecule has 120 valence electrons. The second kappa shape index (κ2) is 8.82. The Balaban J connectivity index is 2.55. The summed E-state index contributed by atoms with van der Waals surface area (Å²) in [6.07, 6.45) is 2.12. The Labute approximate surface area is 128 Å². The van der Waals surface area contributed by atoms with Crippen LogP contribution in [0.5, 0.6) is 0 Å². The fourth-order valence-corrected chi connectivity index (χ4v) is 2.23. The first-order chi connectivity index (χ1) is 9.95. The molecule has 0 aliphatic rings. The predicted octanol–water partition coefficient (Wildman–Crippen LogP) is 2.16. The molecule has 21 heavy (non-hydrogen) atoms. The average molecular weight is 294 g/mol. The molecule has 1 aromatic heterocycles. The highest BCUT2D eigenvalue weighted by Crippen LogP contribution is 2.12. The minimum atomic E-state index is 0.0364. The fourth-order valence-electron chi connectivity index (χ4n) is 2.23. The fraction of sp³-hybridized carbons (Fsp3) is 0.750. The van der Waals surface area contributed by atoms with Crippen LogP contribution < -0.4 is 10.6 Å². The molecule has 1 heterocycles. The molecule has 0 bridgehead atoms. The van der Waals surface area contributed by atoms with Crippen molar-refractivity contribution in [2.75, 3.05) is 13.1 Å². The summed E-state index contributed by atoms with van der Waals surface area (Å²) < 4.78 is 1.81. The van der Waals surface area contributed by atoms with Gasteiger partial charge in [0.05, 0.1) is 5.69 Å². The third kappa shape index (κ3) is 5.87. The lowest BCUT2D eigenvalue weighted by molar-refractivity contribution is -0.121. The molecular weight excluding hydrogens is 264 g/mol. The summed E-state index contributed by atoms with van der Waals surface area (Å²) in [5, 5.41) is 10.8. The highest BCUT2D eigenvalue weighted by atomic mass is 16.2. The smallest absolute Gasteiger partial charge is 0.241 e. The van der Waals surface area contributed by atoms with E-state index in [0.717, 1.165) is 43.9 Å². The first kappa shape index (κ1) is 17.7. The van der Waals surface area contributed by atoms with E-state index in [-0.39, 0.29) is 5.91 Å². The Morgan fingerprint density at radius 2 is 2.00 bits per heavy atom. The molecule has 1 amide bonds. The third-order valence-electron chi connectivity index (χ3n) is 3.60. The largest absolute Gasteiger partial charge is 0.354 e. The number of carbonyl (C=O) groups excluding carboxylic acids is 1. The van der Waals surface area contributed by atoms with E-state index < -0.39 is 0 Å². The number of rotatable bonds is 9. The molecule has 0 aliphatic heterocycles. The van der Waals surface area contributed by atoms with E-state index in [9.17, 15) is 4.79 Å². The minimum Gasteiger partial charge on any atom is -0.354 e. The lowest BCUT2D eigenvalue weighted by Crippen LogP contribution is -2.29. The number of carbonyl (C=O) groups is 1. The molecule has 1 rings (SSSR count). The van der Waals surface area contributed by atoms with Gasteiger partial charge in [-0.15, -0.1) is 0 Å². The first-order valence-corrected chi connectivity index (χ1v) is 7.96. The molecule has 5 nitrogen and oxygen atoms in total. The maximum absolute atomic E-state index is 11.9. The van der Waals surface area contributed by atoms with Crippen molar-refractivity contribution >= 4 is 5.91 Å². The summed E-state index contributed by atoms with van der Waals surface area (Å²) in [5.41, 5.74) is 3.29. The third-order valence-corrected chi connectivity index (χ3v) is 3.60. The number of nitrogens with zero attached hydrogens (tertiary/aromatic N) is 2. The molecule has 5 heteroatoms.